The van der Waals surface area contributed by atoms with E-state index >= 15 is 4.39 Å². The highest BCUT2D eigenvalue weighted by molar-refractivity contribution is 6.55. The van der Waals surface area contributed by atoms with Gasteiger partial charge in [-0.2, -0.15) is 17.9 Å². The zero-order valence-corrected chi connectivity index (χ0v) is 23.6. The predicted molar refractivity (Wildman–Crippen MR) is 136 cm³/mol. The van der Waals surface area contributed by atoms with E-state index in [-0.39, 0.29) is 31.2 Å². The number of allylic oxidation sites excluding steroid dienone is 3. The van der Waals surface area contributed by atoms with Crippen LogP contribution in [-0.2, 0) is 36.7 Å². The molecule has 3 rings (SSSR count). The highest BCUT2D eigenvalue weighted by atomic mass is 19.4. The smallest absolute Gasteiger partial charge is 0.486 e. The molecule has 2 fully saturated rings. The van der Waals surface area contributed by atoms with Crippen LogP contribution in [0.2, 0.25) is 0 Å². The molecule has 14 heteroatoms. The zero-order valence-electron chi connectivity index (χ0n) is 23.6. The molecule has 0 amide bonds. The first-order valence-electron chi connectivity index (χ1n) is 13.2. The van der Waals surface area contributed by atoms with E-state index < -0.39 is 54.0 Å². The van der Waals surface area contributed by atoms with Gasteiger partial charge < -0.3 is 23.5 Å². The van der Waals surface area contributed by atoms with Crippen LogP contribution in [0.1, 0.15) is 80.0 Å². The van der Waals surface area contributed by atoms with Crippen molar-refractivity contribution in [1.29, 1.82) is 0 Å². The third-order valence-corrected chi connectivity index (χ3v) is 7.16. The molecule has 0 bridgehead atoms. The van der Waals surface area contributed by atoms with Crippen LogP contribution in [-0.4, -0.2) is 57.8 Å². The average molecular weight is 563 g/mol. The lowest BCUT2D eigenvalue weighted by molar-refractivity contribution is -0.203. The molecule has 220 valence electrons. The molecule has 2 aliphatic heterocycles. The summed E-state index contributed by atoms with van der Waals surface area (Å²) in [7, 11) is -1.53. The summed E-state index contributed by atoms with van der Waals surface area (Å²) in [5, 5.41) is 4.30. The SMILES string of the molecule is CC/C(=C\C(=C(\F)B1OC(C)(C)C(C)(C)O1)n1nc(COC2CCCCO2)n(CC)c1=O)O[C@@H](C)C(F)(F)F. The van der Waals surface area contributed by atoms with Crippen molar-refractivity contribution in [3.05, 3.63) is 33.9 Å². The van der Waals surface area contributed by atoms with Gasteiger partial charge in [0.1, 0.15) is 12.3 Å². The lowest BCUT2D eigenvalue weighted by Gasteiger charge is -2.32. The summed E-state index contributed by atoms with van der Waals surface area (Å²) in [6.45, 7) is 11.7. The van der Waals surface area contributed by atoms with Gasteiger partial charge in [0.05, 0.1) is 17.0 Å². The first-order chi connectivity index (χ1) is 18.1. The van der Waals surface area contributed by atoms with E-state index in [1.165, 1.54) is 4.57 Å². The van der Waals surface area contributed by atoms with Gasteiger partial charge in [-0.3, -0.25) is 4.57 Å². The minimum atomic E-state index is -4.64. The van der Waals surface area contributed by atoms with Crippen molar-refractivity contribution < 1.29 is 41.1 Å². The molecule has 1 unspecified atom stereocenters. The van der Waals surface area contributed by atoms with Gasteiger partial charge in [0, 0.05) is 25.6 Å². The molecule has 3 heterocycles. The van der Waals surface area contributed by atoms with Gasteiger partial charge in [-0.1, -0.05) is 6.92 Å². The minimum absolute atomic E-state index is 0.0151. The largest absolute Gasteiger partial charge is 0.527 e. The van der Waals surface area contributed by atoms with Crippen molar-refractivity contribution in [2.75, 3.05) is 6.61 Å². The van der Waals surface area contributed by atoms with Gasteiger partial charge in [-0.25, -0.2) is 9.18 Å². The summed E-state index contributed by atoms with van der Waals surface area (Å²) in [4.78, 5) is 13.4. The third-order valence-electron chi connectivity index (χ3n) is 7.16. The van der Waals surface area contributed by atoms with Crippen molar-refractivity contribution >= 4 is 12.8 Å². The minimum Gasteiger partial charge on any atom is -0.486 e. The highest BCUT2D eigenvalue weighted by Gasteiger charge is 2.54. The maximum absolute atomic E-state index is 16.2. The Morgan fingerprint density at radius 1 is 1.21 bits per heavy atom. The van der Waals surface area contributed by atoms with Gasteiger partial charge in [-0.15, -0.1) is 5.10 Å². The standard InChI is InChI=1S/C25H38BF4N3O6/c1-8-17(37-16(3)25(28,29)30)14-18(21(27)26-38-23(4,5)24(6,7)39-26)33-22(34)32(9-2)19(31-33)15-36-20-12-10-11-13-35-20/h14,16,20H,8-13,15H2,1-7H3/b17-14+,21-18-/t16-,20?/m0/s1. The van der Waals surface area contributed by atoms with E-state index in [0.717, 1.165) is 30.5 Å². The summed E-state index contributed by atoms with van der Waals surface area (Å²) in [6, 6.07) is 0. The zero-order chi connectivity index (χ0) is 29.2. The number of nitrogens with zero attached hydrogens (tertiary/aromatic N) is 3. The molecule has 0 N–H and O–H groups in total. The molecule has 2 atom stereocenters. The maximum Gasteiger partial charge on any atom is 0.527 e. The fraction of sp³-hybridized carbons (Fsp3) is 0.760. The predicted octanol–water partition coefficient (Wildman–Crippen LogP) is 5.14. The number of ether oxygens (including phenoxy) is 3. The topological polar surface area (TPSA) is 86.0 Å². The van der Waals surface area contributed by atoms with E-state index in [1.54, 1.807) is 41.5 Å². The Kier molecular flexibility index (Phi) is 9.78. The molecule has 9 nitrogen and oxygen atoms in total. The summed E-state index contributed by atoms with van der Waals surface area (Å²) < 4.78 is 86.0. The molecule has 1 aromatic rings. The average Bonchev–Trinajstić information content (AvgIpc) is 3.30. The maximum atomic E-state index is 16.2. The van der Waals surface area contributed by atoms with Gasteiger partial charge >= 0.3 is 19.0 Å². The summed E-state index contributed by atoms with van der Waals surface area (Å²) in [6.07, 6.45) is -3.68. The fourth-order valence-corrected chi connectivity index (χ4v) is 3.99. The molecule has 39 heavy (non-hydrogen) atoms. The quantitative estimate of drug-likeness (QED) is 0.169. The van der Waals surface area contributed by atoms with Crippen LogP contribution in [0.5, 0.6) is 0 Å². The molecule has 2 saturated heterocycles. The molecular weight excluding hydrogens is 525 g/mol. The number of hydrogen-bond donors (Lipinski definition) is 0. The Morgan fingerprint density at radius 2 is 1.85 bits per heavy atom. The number of aromatic nitrogens is 3. The van der Waals surface area contributed by atoms with Crippen LogP contribution >= 0.6 is 0 Å². The molecule has 0 spiro atoms. The van der Waals surface area contributed by atoms with E-state index in [4.69, 9.17) is 23.5 Å². The van der Waals surface area contributed by atoms with Crippen LogP contribution in [0, 0.1) is 0 Å². The van der Waals surface area contributed by atoms with Crippen LogP contribution < -0.4 is 5.69 Å². The van der Waals surface area contributed by atoms with Crippen molar-refractivity contribution in [3.63, 3.8) is 0 Å². The second kappa shape index (κ2) is 12.2. The number of rotatable bonds is 10. The Morgan fingerprint density at radius 3 is 2.36 bits per heavy atom. The van der Waals surface area contributed by atoms with Gasteiger partial charge in [0.2, 0.25) is 0 Å². The van der Waals surface area contributed by atoms with E-state index in [2.05, 4.69) is 5.10 Å². The van der Waals surface area contributed by atoms with Gasteiger partial charge in [0.25, 0.3) is 0 Å². The number of halogens is 4. The molecule has 0 aromatic carbocycles. The highest BCUT2D eigenvalue weighted by Crippen LogP contribution is 2.40. The van der Waals surface area contributed by atoms with Gasteiger partial charge in [0.15, 0.2) is 23.9 Å². The molecule has 1 aromatic heterocycles. The van der Waals surface area contributed by atoms with Crippen LogP contribution in [0.15, 0.2) is 22.4 Å². The Hall–Kier alpha value is -2.16. The van der Waals surface area contributed by atoms with Crippen LogP contribution in [0.3, 0.4) is 0 Å². The Labute approximate surface area is 226 Å². The summed E-state index contributed by atoms with van der Waals surface area (Å²) in [5.74, 6) is -0.000218. The molecule has 2 aliphatic rings. The van der Waals surface area contributed by atoms with Crippen molar-refractivity contribution in [2.45, 2.75) is 117 Å². The first kappa shape index (κ1) is 31.4. The fourth-order valence-electron chi connectivity index (χ4n) is 3.99. The molecule has 0 aliphatic carbocycles. The monoisotopic (exact) mass is 563 g/mol. The summed E-state index contributed by atoms with van der Waals surface area (Å²) in [5.41, 5.74) is -4.02. The number of alkyl halides is 3. The Bertz CT molecular complexity index is 1110. The molecular formula is C25H38BF4N3O6. The van der Waals surface area contributed by atoms with E-state index in [1.807, 2.05) is 0 Å². The van der Waals surface area contributed by atoms with Crippen molar-refractivity contribution in [2.24, 2.45) is 0 Å². The molecule has 0 radical (unpaired) electrons. The van der Waals surface area contributed by atoms with Crippen molar-refractivity contribution in [3.8, 4) is 0 Å². The van der Waals surface area contributed by atoms with E-state index in [0.29, 0.717) is 13.0 Å². The second-order valence-corrected chi connectivity index (χ2v) is 10.5. The third kappa shape index (κ3) is 7.14. The second-order valence-electron chi connectivity index (χ2n) is 10.5. The summed E-state index contributed by atoms with van der Waals surface area (Å²) >= 11 is 0. The molecule has 0 saturated carbocycles. The lowest BCUT2D eigenvalue weighted by Crippen LogP contribution is -2.41. The van der Waals surface area contributed by atoms with Gasteiger partial charge in [-0.05, 0) is 60.8 Å². The van der Waals surface area contributed by atoms with Crippen LogP contribution in [0.25, 0.3) is 5.70 Å². The van der Waals surface area contributed by atoms with Crippen LogP contribution in [0.4, 0.5) is 17.6 Å². The normalized spacial score (nSPS) is 23.1. The van der Waals surface area contributed by atoms with E-state index in [9.17, 15) is 18.0 Å². The van der Waals surface area contributed by atoms with Crippen molar-refractivity contribution in [1.82, 2.24) is 14.3 Å². The first-order valence-corrected chi connectivity index (χ1v) is 13.2. The number of hydrogen-bond acceptors (Lipinski definition) is 7. The lowest BCUT2D eigenvalue weighted by atomic mass is 9.86. The Balaban J connectivity index is 2.08.